The largest absolute Gasteiger partial charge is 0.496 e. The third kappa shape index (κ3) is 6.13. The molecule has 0 heterocycles. The second kappa shape index (κ2) is 10.6. The fraction of sp³-hybridized carbons (Fsp3) is 0.611. The average molecular weight is 463 g/mol. The van der Waals surface area contributed by atoms with Gasteiger partial charge in [-0.15, -0.1) is 24.0 Å². The van der Waals surface area contributed by atoms with Gasteiger partial charge in [0.2, 0.25) is 0 Å². The monoisotopic (exact) mass is 463 g/mol. The van der Waals surface area contributed by atoms with Gasteiger partial charge in [0.1, 0.15) is 17.2 Å². The van der Waals surface area contributed by atoms with Crippen LogP contribution in [0, 0.1) is 5.92 Å². The summed E-state index contributed by atoms with van der Waals surface area (Å²) in [6.45, 7) is 5.81. The van der Waals surface area contributed by atoms with Crippen LogP contribution >= 0.6 is 24.0 Å². The van der Waals surface area contributed by atoms with Crippen molar-refractivity contribution in [1.29, 1.82) is 0 Å². The molecule has 0 aliphatic heterocycles. The highest BCUT2D eigenvalue weighted by Gasteiger charge is 2.33. The number of ether oxygens (including phenoxy) is 3. The number of nitrogens with zero attached hydrogens (tertiary/aromatic N) is 1. The summed E-state index contributed by atoms with van der Waals surface area (Å²) in [7, 11) is 4.94. The number of rotatable bonds is 8. The second-order valence-corrected chi connectivity index (χ2v) is 5.98. The molecule has 7 heteroatoms. The molecule has 2 unspecified atom stereocenters. The molecule has 25 heavy (non-hydrogen) atoms. The summed E-state index contributed by atoms with van der Waals surface area (Å²) in [4.78, 5) is 4.67. The standard InChI is InChI=1S/C18H29N3O3.HI/c1-6-19-18(21-15-9-12(15)2)20-8-7-14-16(23-4)10-13(22-3)11-17(14)24-5;/h10-12,15H,6-9H2,1-5H3,(H2,19,20,21);1H. The smallest absolute Gasteiger partial charge is 0.191 e. The first-order valence-electron chi connectivity index (χ1n) is 8.46. The van der Waals surface area contributed by atoms with E-state index in [4.69, 9.17) is 14.2 Å². The number of benzene rings is 1. The molecule has 2 rings (SSSR count). The Morgan fingerprint density at radius 3 is 2.20 bits per heavy atom. The van der Waals surface area contributed by atoms with Crippen molar-refractivity contribution in [1.82, 2.24) is 10.6 Å². The van der Waals surface area contributed by atoms with E-state index in [1.807, 2.05) is 12.1 Å². The molecule has 1 aromatic rings. The Hall–Kier alpha value is -1.38. The molecule has 2 atom stereocenters. The molecule has 0 saturated heterocycles. The predicted molar refractivity (Wildman–Crippen MR) is 112 cm³/mol. The highest BCUT2D eigenvalue weighted by molar-refractivity contribution is 14.0. The van der Waals surface area contributed by atoms with Gasteiger partial charge in [-0.05, 0) is 25.7 Å². The zero-order valence-electron chi connectivity index (χ0n) is 15.7. The maximum atomic E-state index is 5.48. The van der Waals surface area contributed by atoms with Gasteiger partial charge in [-0.1, -0.05) is 6.92 Å². The number of guanidine groups is 1. The van der Waals surface area contributed by atoms with Crippen molar-refractivity contribution in [3.05, 3.63) is 17.7 Å². The van der Waals surface area contributed by atoms with E-state index in [0.29, 0.717) is 18.3 Å². The molecule has 0 aromatic heterocycles. The number of hydrogen-bond donors (Lipinski definition) is 2. The molecule has 2 N–H and O–H groups in total. The van der Waals surface area contributed by atoms with Crippen LogP contribution in [0.15, 0.2) is 17.1 Å². The van der Waals surface area contributed by atoms with Gasteiger partial charge < -0.3 is 24.8 Å². The van der Waals surface area contributed by atoms with Crippen molar-refractivity contribution >= 4 is 29.9 Å². The first kappa shape index (κ1) is 21.7. The molecule has 0 bridgehead atoms. The summed E-state index contributed by atoms with van der Waals surface area (Å²) in [5.74, 6) is 3.84. The molecule has 0 amide bonds. The predicted octanol–water partition coefficient (Wildman–Crippen LogP) is 2.84. The Kier molecular flexibility index (Phi) is 9.16. The van der Waals surface area contributed by atoms with Gasteiger partial charge in [0.05, 0.1) is 21.3 Å². The molecule has 1 aliphatic carbocycles. The minimum atomic E-state index is 0. The van der Waals surface area contributed by atoms with Crippen LogP contribution in [0.25, 0.3) is 0 Å². The Morgan fingerprint density at radius 1 is 1.16 bits per heavy atom. The van der Waals surface area contributed by atoms with Gasteiger partial charge in [0.15, 0.2) is 5.96 Å². The quantitative estimate of drug-likeness (QED) is 0.353. The van der Waals surface area contributed by atoms with E-state index >= 15 is 0 Å². The summed E-state index contributed by atoms with van der Waals surface area (Å²) in [5.41, 5.74) is 1.00. The van der Waals surface area contributed by atoms with Crippen LogP contribution in [0.3, 0.4) is 0 Å². The lowest BCUT2D eigenvalue weighted by Crippen LogP contribution is -2.39. The summed E-state index contributed by atoms with van der Waals surface area (Å²) in [5, 5.41) is 6.75. The van der Waals surface area contributed by atoms with Crippen molar-refractivity contribution in [2.24, 2.45) is 10.9 Å². The number of nitrogens with one attached hydrogen (secondary N) is 2. The zero-order valence-corrected chi connectivity index (χ0v) is 18.0. The lowest BCUT2D eigenvalue weighted by molar-refractivity contribution is 0.369. The highest BCUT2D eigenvalue weighted by Crippen LogP contribution is 2.34. The molecular weight excluding hydrogens is 433 g/mol. The Morgan fingerprint density at radius 2 is 1.76 bits per heavy atom. The topological polar surface area (TPSA) is 64.1 Å². The normalized spacial score (nSPS) is 18.8. The Balaban J connectivity index is 0.00000312. The molecule has 0 radical (unpaired) electrons. The van der Waals surface area contributed by atoms with Gasteiger partial charge in [0.25, 0.3) is 0 Å². The molecule has 1 aromatic carbocycles. The van der Waals surface area contributed by atoms with Crippen molar-refractivity contribution < 1.29 is 14.2 Å². The third-order valence-electron chi connectivity index (χ3n) is 4.22. The number of aliphatic imine (C=N–C) groups is 1. The highest BCUT2D eigenvalue weighted by atomic mass is 127. The minimum absolute atomic E-state index is 0. The number of hydrogen-bond acceptors (Lipinski definition) is 4. The van der Waals surface area contributed by atoms with Crippen LogP contribution in [0.1, 0.15) is 25.8 Å². The summed E-state index contributed by atoms with van der Waals surface area (Å²) in [6.07, 6.45) is 1.94. The molecular formula is C18H30IN3O3. The molecule has 6 nitrogen and oxygen atoms in total. The number of halogens is 1. The van der Waals surface area contributed by atoms with Crippen LogP contribution in [0.5, 0.6) is 17.2 Å². The molecule has 142 valence electrons. The van der Waals surface area contributed by atoms with Gasteiger partial charge in [-0.25, -0.2) is 0 Å². The first-order chi connectivity index (χ1) is 11.6. The van der Waals surface area contributed by atoms with Crippen LogP contribution in [0.2, 0.25) is 0 Å². The van der Waals surface area contributed by atoms with Crippen molar-refractivity contribution in [2.75, 3.05) is 34.4 Å². The van der Waals surface area contributed by atoms with E-state index in [9.17, 15) is 0 Å². The van der Waals surface area contributed by atoms with E-state index in [2.05, 4.69) is 29.5 Å². The number of methoxy groups -OCH3 is 3. The average Bonchev–Trinajstić information content (AvgIpc) is 3.29. The van der Waals surface area contributed by atoms with E-state index < -0.39 is 0 Å². The van der Waals surface area contributed by atoms with Crippen molar-refractivity contribution in [3.8, 4) is 17.2 Å². The molecule has 0 spiro atoms. The SMILES string of the molecule is CCNC(=NCCc1c(OC)cc(OC)cc1OC)NC1CC1C.I. The van der Waals surface area contributed by atoms with Gasteiger partial charge in [-0.3, -0.25) is 4.99 Å². The first-order valence-corrected chi connectivity index (χ1v) is 8.46. The summed E-state index contributed by atoms with van der Waals surface area (Å²) < 4.78 is 16.3. The van der Waals surface area contributed by atoms with Crippen molar-refractivity contribution in [3.63, 3.8) is 0 Å². The molecule has 1 aliphatic rings. The van der Waals surface area contributed by atoms with Crippen molar-refractivity contribution in [2.45, 2.75) is 32.7 Å². The fourth-order valence-electron chi connectivity index (χ4n) is 2.62. The van der Waals surface area contributed by atoms with Crippen LogP contribution in [-0.2, 0) is 6.42 Å². The van der Waals surface area contributed by atoms with E-state index in [1.54, 1.807) is 21.3 Å². The van der Waals surface area contributed by atoms with Crippen LogP contribution in [-0.4, -0.2) is 46.4 Å². The maximum absolute atomic E-state index is 5.48. The third-order valence-corrected chi connectivity index (χ3v) is 4.22. The second-order valence-electron chi connectivity index (χ2n) is 5.98. The van der Waals surface area contributed by atoms with E-state index in [0.717, 1.165) is 41.9 Å². The van der Waals surface area contributed by atoms with Gasteiger partial charge >= 0.3 is 0 Å². The van der Waals surface area contributed by atoms with E-state index in [1.165, 1.54) is 6.42 Å². The van der Waals surface area contributed by atoms with Crippen LogP contribution < -0.4 is 24.8 Å². The lowest BCUT2D eigenvalue weighted by Gasteiger charge is -2.15. The zero-order chi connectivity index (χ0) is 17.5. The Labute approximate surface area is 167 Å². The molecule has 1 fully saturated rings. The van der Waals surface area contributed by atoms with Gasteiger partial charge in [0, 0.05) is 36.8 Å². The van der Waals surface area contributed by atoms with E-state index in [-0.39, 0.29) is 24.0 Å². The van der Waals surface area contributed by atoms with Crippen LogP contribution in [0.4, 0.5) is 0 Å². The lowest BCUT2D eigenvalue weighted by atomic mass is 10.1. The summed E-state index contributed by atoms with van der Waals surface area (Å²) in [6, 6.07) is 4.29. The fourth-order valence-corrected chi connectivity index (χ4v) is 2.62. The maximum Gasteiger partial charge on any atom is 0.191 e. The Bertz CT molecular complexity index is 556. The van der Waals surface area contributed by atoms with Gasteiger partial charge in [-0.2, -0.15) is 0 Å². The summed E-state index contributed by atoms with van der Waals surface area (Å²) >= 11 is 0. The minimum Gasteiger partial charge on any atom is -0.496 e. The molecule has 1 saturated carbocycles.